The van der Waals surface area contributed by atoms with Gasteiger partial charge in [0.25, 0.3) is 0 Å². The summed E-state index contributed by atoms with van der Waals surface area (Å²) >= 11 is 0. The second-order valence-electron chi connectivity index (χ2n) is 6.66. The second kappa shape index (κ2) is 3.67. The van der Waals surface area contributed by atoms with E-state index in [9.17, 15) is 13.6 Å². The predicted molar refractivity (Wildman–Crippen MR) is 59.9 cm³/mol. The minimum atomic E-state index is -2.97. The summed E-state index contributed by atoms with van der Waals surface area (Å²) in [7, 11) is 0. The zero-order valence-corrected chi connectivity index (χ0v) is 10.2. The van der Waals surface area contributed by atoms with E-state index in [0.29, 0.717) is 17.8 Å². The molecule has 0 aromatic carbocycles. The highest BCUT2D eigenvalue weighted by molar-refractivity contribution is 5.73. The van der Waals surface area contributed by atoms with Crippen molar-refractivity contribution >= 4 is 5.97 Å². The van der Waals surface area contributed by atoms with Crippen molar-refractivity contribution in [3.05, 3.63) is 0 Å². The number of ether oxygens (including phenoxy) is 1. The van der Waals surface area contributed by atoms with E-state index in [1.165, 1.54) is 19.3 Å². The van der Waals surface area contributed by atoms with Crippen molar-refractivity contribution in [2.45, 2.75) is 44.6 Å². The fourth-order valence-electron chi connectivity index (χ4n) is 5.84. The largest absolute Gasteiger partial charge is 0.458 e. The summed E-state index contributed by atoms with van der Waals surface area (Å²) in [6.07, 6.45) is 2.80. The molecule has 4 aliphatic rings. The van der Waals surface area contributed by atoms with Crippen molar-refractivity contribution in [3.8, 4) is 0 Å². The zero-order chi connectivity index (χ0) is 12.4. The number of carbonyl (C=O) groups excluding carboxylic acids is 1. The van der Waals surface area contributed by atoms with Gasteiger partial charge in [0.05, 0.1) is 0 Å². The van der Waals surface area contributed by atoms with Gasteiger partial charge in [0.1, 0.15) is 6.10 Å². The molecule has 7 unspecified atom stereocenters. The van der Waals surface area contributed by atoms with Crippen LogP contribution >= 0.6 is 0 Å². The van der Waals surface area contributed by atoms with Crippen LogP contribution in [-0.4, -0.2) is 18.5 Å². The van der Waals surface area contributed by atoms with Crippen LogP contribution in [0.15, 0.2) is 0 Å². The Hall–Kier alpha value is -0.670. The molecule has 4 fully saturated rings. The van der Waals surface area contributed by atoms with E-state index in [1.807, 2.05) is 0 Å². The van der Waals surface area contributed by atoms with Crippen molar-refractivity contribution in [1.82, 2.24) is 0 Å². The fraction of sp³-hybridized carbons (Fsp3) is 0.929. The molecule has 4 saturated carbocycles. The second-order valence-corrected chi connectivity index (χ2v) is 6.66. The van der Waals surface area contributed by atoms with Crippen molar-refractivity contribution in [2.75, 3.05) is 0 Å². The highest BCUT2D eigenvalue weighted by Crippen LogP contribution is 2.67. The van der Waals surface area contributed by atoms with Gasteiger partial charge in [-0.05, 0) is 67.6 Å². The smallest absolute Gasteiger partial charge is 0.374 e. The van der Waals surface area contributed by atoms with Gasteiger partial charge in [-0.2, -0.15) is 8.78 Å². The monoisotopic (exact) mass is 256 g/mol. The van der Waals surface area contributed by atoms with E-state index in [0.717, 1.165) is 30.6 Å². The topological polar surface area (TPSA) is 26.3 Å². The molecule has 0 radical (unpaired) electrons. The van der Waals surface area contributed by atoms with Crippen LogP contribution in [0.1, 0.15) is 32.1 Å². The van der Waals surface area contributed by atoms with Crippen molar-refractivity contribution < 1.29 is 18.3 Å². The number of rotatable bonds is 2. The Morgan fingerprint density at radius 2 is 1.72 bits per heavy atom. The molecule has 4 bridgehead atoms. The minimum absolute atomic E-state index is 0.211. The van der Waals surface area contributed by atoms with Gasteiger partial charge in [-0.1, -0.05) is 0 Å². The van der Waals surface area contributed by atoms with Gasteiger partial charge in [0, 0.05) is 0 Å². The molecule has 18 heavy (non-hydrogen) atoms. The molecule has 0 spiro atoms. The van der Waals surface area contributed by atoms with Crippen LogP contribution in [0.4, 0.5) is 8.78 Å². The van der Waals surface area contributed by atoms with Crippen LogP contribution in [0, 0.1) is 35.5 Å². The lowest BCUT2D eigenvalue weighted by Gasteiger charge is -2.38. The average Bonchev–Trinajstić information content (AvgIpc) is 3.06. The number of hydrogen-bond acceptors (Lipinski definition) is 2. The Bertz CT molecular complexity index is 384. The molecular formula is C14H18F2O2. The highest BCUT2D eigenvalue weighted by Gasteiger charge is 2.63. The SMILES string of the molecule is O=C(OC1CC2CC1C1C3CCC(C3)C21)C(F)F. The zero-order valence-electron chi connectivity index (χ0n) is 10.2. The number of halogens is 2. The summed E-state index contributed by atoms with van der Waals surface area (Å²) in [5.41, 5.74) is 0. The summed E-state index contributed by atoms with van der Waals surface area (Å²) in [4.78, 5) is 11.1. The third-order valence-corrected chi connectivity index (χ3v) is 6.12. The molecule has 0 saturated heterocycles. The number of esters is 1. The first kappa shape index (κ1) is 11.2. The van der Waals surface area contributed by atoms with E-state index >= 15 is 0 Å². The lowest BCUT2D eigenvalue weighted by Crippen LogP contribution is -2.38. The molecule has 0 aliphatic heterocycles. The van der Waals surface area contributed by atoms with Crippen LogP contribution in [0.5, 0.6) is 0 Å². The lowest BCUT2D eigenvalue weighted by molar-refractivity contribution is -0.166. The maximum Gasteiger partial charge on any atom is 0.374 e. The molecular weight excluding hydrogens is 238 g/mol. The standard InChI is InChI=1S/C14H18F2O2/c15-13(16)14(17)18-10-5-8-4-9(10)12-7-2-1-6(3-7)11(8)12/h6-13H,1-5H2. The summed E-state index contributed by atoms with van der Waals surface area (Å²) < 4.78 is 29.6. The molecule has 0 heterocycles. The van der Waals surface area contributed by atoms with Gasteiger partial charge in [-0.25, -0.2) is 4.79 Å². The maximum atomic E-state index is 12.3. The number of carbonyl (C=O) groups is 1. The third kappa shape index (κ3) is 1.35. The Balaban J connectivity index is 1.50. The molecule has 0 aromatic rings. The molecule has 4 rings (SSSR count). The summed E-state index contributed by atoms with van der Waals surface area (Å²) in [6.45, 7) is 0. The Labute approximate surface area is 105 Å². The van der Waals surface area contributed by atoms with Crippen LogP contribution in [0.2, 0.25) is 0 Å². The first-order chi connectivity index (χ1) is 8.65. The van der Waals surface area contributed by atoms with Crippen LogP contribution in [0.3, 0.4) is 0 Å². The first-order valence-electron chi connectivity index (χ1n) is 7.14. The van der Waals surface area contributed by atoms with Crippen LogP contribution < -0.4 is 0 Å². The summed E-state index contributed by atoms with van der Waals surface area (Å²) in [5, 5.41) is 0. The van der Waals surface area contributed by atoms with E-state index in [-0.39, 0.29) is 6.10 Å². The van der Waals surface area contributed by atoms with E-state index in [2.05, 4.69) is 0 Å². The van der Waals surface area contributed by atoms with Gasteiger partial charge in [-0.3, -0.25) is 0 Å². The molecule has 0 N–H and O–H groups in total. The molecule has 4 heteroatoms. The van der Waals surface area contributed by atoms with Gasteiger partial charge >= 0.3 is 12.4 Å². The van der Waals surface area contributed by atoms with Gasteiger partial charge in [0.2, 0.25) is 0 Å². The normalized spacial score (nSPS) is 52.1. The molecule has 4 aliphatic carbocycles. The van der Waals surface area contributed by atoms with Crippen molar-refractivity contribution in [2.24, 2.45) is 35.5 Å². The van der Waals surface area contributed by atoms with Crippen molar-refractivity contribution in [3.63, 3.8) is 0 Å². The Morgan fingerprint density at radius 3 is 2.44 bits per heavy atom. The molecule has 0 aromatic heterocycles. The quantitative estimate of drug-likeness (QED) is 0.561. The van der Waals surface area contributed by atoms with Crippen LogP contribution in [0.25, 0.3) is 0 Å². The molecule has 2 nitrogen and oxygen atoms in total. The summed E-state index contributed by atoms with van der Waals surface area (Å²) in [6, 6.07) is 0. The van der Waals surface area contributed by atoms with Crippen LogP contribution in [-0.2, 0) is 9.53 Å². The number of alkyl halides is 2. The molecule has 100 valence electrons. The van der Waals surface area contributed by atoms with E-state index in [1.54, 1.807) is 0 Å². The fourth-order valence-corrected chi connectivity index (χ4v) is 5.84. The number of hydrogen-bond donors (Lipinski definition) is 0. The highest BCUT2D eigenvalue weighted by atomic mass is 19.3. The van der Waals surface area contributed by atoms with E-state index in [4.69, 9.17) is 4.74 Å². The van der Waals surface area contributed by atoms with Gasteiger partial charge < -0.3 is 4.74 Å². The minimum Gasteiger partial charge on any atom is -0.458 e. The molecule has 7 atom stereocenters. The summed E-state index contributed by atoms with van der Waals surface area (Å²) in [5.74, 6) is 2.91. The maximum absolute atomic E-state index is 12.3. The van der Waals surface area contributed by atoms with E-state index < -0.39 is 12.4 Å². The van der Waals surface area contributed by atoms with Crippen molar-refractivity contribution in [1.29, 1.82) is 0 Å². The predicted octanol–water partition coefficient (Wildman–Crippen LogP) is 2.87. The van der Waals surface area contributed by atoms with Gasteiger partial charge in [0.15, 0.2) is 0 Å². The average molecular weight is 256 g/mol. The first-order valence-corrected chi connectivity index (χ1v) is 7.14. The Kier molecular flexibility index (Phi) is 2.28. The van der Waals surface area contributed by atoms with Gasteiger partial charge in [-0.15, -0.1) is 0 Å². The lowest BCUT2D eigenvalue weighted by atomic mass is 9.70. The number of fused-ring (bicyclic) bond motifs is 9. The molecule has 0 amide bonds. The Morgan fingerprint density at radius 1 is 1.00 bits per heavy atom. The third-order valence-electron chi connectivity index (χ3n) is 6.12.